The van der Waals surface area contributed by atoms with Gasteiger partial charge in [0.05, 0.1) is 6.54 Å². The molecule has 0 aromatic carbocycles. The van der Waals surface area contributed by atoms with Gasteiger partial charge in [0.2, 0.25) is 0 Å². The average molecular weight is 288 g/mol. The molecule has 1 heterocycles. The topological polar surface area (TPSA) is 77.9 Å². The van der Waals surface area contributed by atoms with Gasteiger partial charge in [-0.15, -0.1) is 6.42 Å². The minimum Gasteiger partial charge on any atom is -0.480 e. The molecule has 2 unspecified atom stereocenters. The second-order valence-electron chi connectivity index (χ2n) is 5.14. The van der Waals surface area contributed by atoms with Gasteiger partial charge in [-0.1, -0.05) is 19.8 Å². The highest BCUT2D eigenvalue weighted by Crippen LogP contribution is 2.24. The molecular formula is C12H20N2O4S. The molecule has 108 valence electrons. The quantitative estimate of drug-likeness (QED) is 0.735. The van der Waals surface area contributed by atoms with Crippen LogP contribution in [0.25, 0.3) is 0 Å². The Morgan fingerprint density at radius 3 is 2.37 bits per heavy atom. The lowest BCUT2D eigenvalue weighted by Gasteiger charge is -2.36. The normalized spacial score (nSPS) is 25.2. The Morgan fingerprint density at radius 2 is 1.95 bits per heavy atom. The van der Waals surface area contributed by atoms with E-state index in [9.17, 15) is 13.2 Å². The van der Waals surface area contributed by atoms with Gasteiger partial charge >= 0.3 is 5.97 Å². The summed E-state index contributed by atoms with van der Waals surface area (Å²) in [5, 5.41) is 8.78. The van der Waals surface area contributed by atoms with E-state index < -0.39 is 22.7 Å². The number of hydrogen-bond acceptors (Lipinski definition) is 3. The molecular weight excluding hydrogens is 268 g/mol. The molecule has 1 aliphatic rings. The maximum absolute atomic E-state index is 12.4. The molecule has 0 aromatic heterocycles. The Bertz CT molecular complexity index is 459. The van der Waals surface area contributed by atoms with E-state index in [1.165, 1.54) is 4.31 Å². The second kappa shape index (κ2) is 6.37. The molecule has 0 amide bonds. The van der Waals surface area contributed by atoms with Crippen LogP contribution in [-0.4, -0.2) is 54.3 Å². The van der Waals surface area contributed by atoms with Crippen LogP contribution in [0.5, 0.6) is 0 Å². The van der Waals surface area contributed by atoms with Crippen molar-refractivity contribution in [1.82, 2.24) is 8.61 Å². The van der Waals surface area contributed by atoms with Crippen molar-refractivity contribution in [2.75, 3.05) is 26.2 Å². The zero-order chi connectivity index (χ0) is 14.6. The minimum atomic E-state index is -3.80. The van der Waals surface area contributed by atoms with Gasteiger partial charge in [0.25, 0.3) is 10.2 Å². The van der Waals surface area contributed by atoms with Crippen molar-refractivity contribution in [2.45, 2.75) is 20.3 Å². The Kier molecular flexibility index (Phi) is 5.35. The van der Waals surface area contributed by atoms with E-state index in [-0.39, 0.29) is 18.4 Å². The van der Waals surface area contributed by atoms with Crippen molar-refractivity contribution in [3.05, 3.63) is 0 Å². The molecule has 0 radical (unpaired) electrons. The minimum absolute atomic E-state index is 0.228. The molecule has 7 heteroatoms. The first-order chi connectivity index (χ1) is 8.77. The van der Waals surface area contributed by atoms with E-state index in [1.54, 1.807) is 0 Å². The Morgan fingerprint density at radius 1 is 1.42 bits per heavy atom. The number of rotatable bonds is 5. The summed E-state index contributed by atoms with van der Waals surface area (Å²) < 4.78 is 27.0. The van der Waals surface area contributed by atoms with Crippen LogP contribution in [0.3, 0.4) is 0 Å². The van der Waals surface area contributed by atoms with Crippen molar-refractivity contribution in [3.8, 4) is 12.3 Å². The smallest absolute Gasteiger partial charge is 0.318 e. The molecule has 0 aliphatic carbocycles. The standard InChI is InChI=1S/C12H20N2O4S/c1-4-5-13(9-12(15)16)19(17,18)14-7-10(2)6-11(3)8-14/h1,10-11H,5-9H2,2-3H3,(H,15,16). The number of carboxylic acid groups (broad SMARTS) is 1. The van der Waals surface area contributed by atoms with Crippen LogP contribution in [0.2, 0.25) is 0 Å². The van der Waals surface area contributed by atoms with Crippen molar-refractivity contribution in [2.24, 2.45) is 11.8 Å². The summed E-state index contributed by atoms with van der Waals surface area (Å²) in [6.45, 7) is 3.96. The Hall–Kier alpha value is -1.10. The van der Waals surface area contributed by atoms with Crippen LogP contribution in [-0.2, 0) is 15.0 Å². The van der Waals surface area contributed by atoms with Gasteiger partial charge < -0.3 is 5.11 Å². The van der Waals surface area contributed by atoms with E-state index in [1.807, 2.05) is 13.8 Å². The van der Waals surface area contributed by atoms with E-state index in [0.717, 1.165) is 10.7 Å². The Labute approximate surface area is 114 Å². The molecule has 0 saturated carbocycles. The largest absolute Gasteiger partial charge is 0.480 e. The third-order valence-electron chi connectivity index (χ3n) is 3.07. The fraction of sp³-hybridized carbons (Fsp3) is 0.750. The Balaban J connectivity index is 2.92. The number of aliphatic carboxylic acids is 1. The fourth-order valence-corrected chi connectivity index (χ4v) is 4.15. The van der Waals surface area contributed by atoms with E-state index in [2.05, 4.69) is 5.92 Å². The highest BCUT2D eigenvalue weighted by molar-refractivity contribution is 7.86. The molecule has 6 nitrogen and oxygen atoms in total. The molecule has 1 saturated heterocycles. The average Bonchev–Trinajstić information content (AvgIpc) is 2.26. The predicted octanol–water partition coefficient (Wildman–Crippen LogP) is 0.229. The molecule has 0 aromatic rings. The van der Waals surface area contributed by atoms with E-state index in [0.29, 0.717) is 13.1 Å². The SMILES string of the molecule is C#CCN(CC(=O)O)S(=O)(=O)N1CC(C)CC(C)C1. The van der Waals surface area contributed by atoms with E-state index >= 15 is 0 Å². The molecule has 1 N–H and O–H groups in total. The first-order valence-electron chi connectivity index (χ1n) is 6.17. The van der Waals surface area contributed by atoms with Crippen molar-refractivity contribution in [3.63, 3.8) is 0 Å². The summed E-state index contributed by atoms with van der Waals surface area (Å²) in [5.74, 6) is 1.51. The van der Waals surface area contributed by atoms with Gasteiger partial charge in [0, 0.05) is 13.1 Å². The molecule has 1 fully saturated rings. The number of terminal acetylenes is 1. The monoisotopic (exact) mass is 288 g/mol. The molecule has 1 rings (SSSR count). The third-order valence-corrected chi connectivity index (χ3v) is 4.93. The van der Waals surface area contributed by atoms with Crippen LogP contribution in [0.4, 0.5) is 0 Å². The third kappa shape index (κ3) is 4.20. The maximum Gasteiger partial charge on any atom is 0.318 e. The molecule has 19 heavy (non-hydrogen) atoms. The fourth-order valence-electron chi connectivity index (χ4n) is 2.43. The van der Waals surface area contributed by atoms with Crippen molar-refractivity contribution in [1.29, 1.82) is 0 Å². The van der Waals surface area contributed by atoms with Gasteiger partial charge in [-0.3, -0.25) is 4.79 Å². The summed E-state index contributed by atoms with van der Waals surface area (Å²) in [4.78, 5) is 10.7. The van der Waals surface area contributed by atoms with Gasteiger partial charge in [0.1, 0.15) is 6.54 Å². The van der Waals surface area contributed by atoms with Crippen LogP contribution in [0.1, 0.15) is 20.3 Å². The maximum atomic E-state index is 12.4. The first-order valence-corrected chi connectivity index (χ1v) is 7.57. The summed E-state index contributed by atoms with van der Waals surface area (Å²) in [7, 11) is -3.80. The molecule has 0 spiro atoms. The lowest BCUT2D eigenvalue weighted by Crippen LogP contribution is -2.50. The van der Waals surface area contributed by atoms with Gasteiger partial charge in [-0.25, -0.2) is 0 Å². The molecule has 2 atom stereocenters. The van der Waals surface area contributed by atoms with Crippen LogP contribution in [0.15, 0.2) is 0 Å². The number of carboxylic acids is 1. The zero-order valence-electron chi connectivity index (χ0n) is 11.2. The predicted molar refractivity (Wildman–Crippen MR) is 71.5 cm³/mol. The zero-order valence-corrected chi connectivity index (χ0v) is 12.1. The summed E-state index contributed by atoms with van der Waals surface area (Å²) in [5.41, 5.74) is 0. The number of carbonyl (C=O) groups is 1. The molecule has 1 aliphatic heterocycles. The molecule has 0 bridgehead atoms. The van der Waals surface area contributed by atoms with Gasteiger partial charge in [-0.05, 0) is 18.3 Å². The van der Waals surface area contributed by atoms with Gasteiger partial charge in [0.15, 0.2) is 0 Å². The summed E-state index contributed by atoms with van der Waals surface area (Å²) in [6, 6.07) is 0. The highest BCUT2D eigenvalue weighted by atomic mass is 32.2. The summed E-state index contributed by atoms with van der Waals surface area (Å²) >= 11 is 0. The van der Waals surface area contributed by atoms with Crippen molar-refractivity contribution >= 4 is 16.2 Å². The second-order valence-corrected chi connectivity index (χ2v) is 7.07. The summed E-state index contributed by atoms with van der Waals surface area (Å²) in [6.07, 6.45) is 6.09. The van der Waals surface area contributed by atoms with E-state index in [4.69, 9.17) is 11.5 Å². The van der Waals surface area contributed by atoms with Crippen molar-refractivity contribution < 1.29 is 18.3 Å². The van der Waals surface area contributed by atoms with Crippen LogP contribution in [0, 0.1) is 24.2 Å². The number of piperidine rings is 1. The lowest BCUT2D eigenvalue weighted by molar-refractivity contribution is -0.137. The van der Waals surface area contributed by atoms with Crippen LogP contribution < -0.4 is 0 Å². The number of nitrogens with zero attached hydrogens (tertiary/aromatic N) is 2. The number of hydrogen-bond donors (Lipinski definition) is 1. The first kappa shape index (κ1) is 16.0. The highest BCUT2D eigenvalue weighted by Gasteiger charge is 2.35. The van der Waals surface area contributed by atoms with Gasteiger partial charge in [-0.2, -0.15) is 17.0 Å². The van der Waals surface area contributed by atoms with Crippen LogP contribution >= 0.6 is 0 Å². The lowest BCUT2D eigenvalue weighted by atomic mass is 9.94.